The first kappa shape index (κ1) is 19.8. The largest absolute Gasteiger partial charge is 0.354 e. The number of carbonyl (C=O) groups is 1. The van der Waals surface area contributed by atoms with Crippen LogP contribution in [0.4, 0.5) is 0 Å². The van der Waals surface area contributed by atoms with Gasteiger partial charge in [0.1, 0.15) is 0 Å². The third kappa shape index (κ3) is 7.82. The summed E-state index contributed by atoms with van der Waals surface area (Å²) in [4.78, 5) is 12.0. The molecule has 3 nitrogen and oxygen atoms in total. The van der Waals surface area contributed by atoms with E-state index >= 15 is 0 Å². The first-order valence-corrected chi connectivity index (χ1v) is 9.24. The van der Waals surface area contributed by atoms with Gasteiger partial charge in [0.05, 0.1) is 0 Å². The standard InChI is InChI=1S/C18H34N2O.ClH/c1-15(7-8-16-5-3-2-4-6-16)20-18(21)10-9-17-11-13-19-14-12-17;/h15-17,19H,2-14H2,1H3,(H,20,21);1H. The van der Waals surface area contributed by atoms with Gasteiger partial charge in [-0.25, -0.2) is 0 Å². The predicted octanol–water partition coefficient (Wildman–Crippen LogP) is 4.05. The maximum atomic E-state index is 12.0. The number of rotatable bonds is 7. The molecule has 1 heterocycles. The molecule has 0 spiro atoms. The average molecular weight is 331 g/mol. The van der Waals surface area contributed by atoms with E-state index in [0.717, 1.165) is 44.2 Å². The highest BCUT2D eigenvalue weighted by molar-refractivity contribution is 5.85. The number of piperidine rings is 1. The summed E-state index contributed by atoms with van der Waals surface area (Å²) in [5.74, 6) is 1.95. The molecule has 1 unspecified atom stereocenters. The molecule has 1 aliphatic carbocycles. The van der Waals surface area contributed by atoms with Crippen molar-refractivity contribution >= 4 is 18.3 Å². The first-order valence-electron chi connectivity index (χ1n) is 9.24. The zero-order valence-corrected chi connectivity index (χ0v) is 15.1. The minimum atomic E-state index is 0. The fraction of sp³-hybridized carbons (Fsp3) is 0.944. The molecular weight excluding hydrogens is 296 g/mol. The molecule has 0 bridgehead atoms. The zero-order chi connectivity index (χ0) is 14.9. The molecule has 1 saturated carbocycles. The van der Waals surface area contributed by atoms with Crippen molar-refractivity contribution in [2.75, 3.05) is 13.1 Å². The van der Waals surface area contributed by atoms with Gasteiger partial charge < -0.3 is 10.6 Å². The summed E-state index contributed by atoms with van der Waals surface area (Å²) < 4.78 is 0. The lowest BCUT2D eigenvalue weighted by atomic mass is 9.85. The van der Waals surface area contributed by atoms with E-state index in [-0.39, 0.29) is 18.3 Å². The Morgan fingerprint density at radius 2 is 1.68 bits per heavy atom. The maximum Gasteiger partial charge on any atom is 0.220 e. The van der Waals surface area contributed by atoms with Crippen molar-refractivity contribution in [1.29, 1.82) is 0 Å². The molecule has 1 amide bonds. The highest BCUT2D eigenvalue weighted by Gasteiger charge is 2.17. The van der Waals surface area contributed by atoms with Crippen molar-refractivity contribution in [3.63, 3.8) is 0 Å². The lowest BCUT2D eigenvalue weighted by Crippen LogP contribution is -2.34. The van der Waals surface area contributed by atoms with Crippen LogP contribution in [0.5, 0.6) is 0 Å². The number of hydrogen-bond acceptors (Lipinski definition) is 2. The number of carbonyl (C=O) groups excluding carboxylic acids is 1. The molecule has 4 heteroatoms. The second-order valence-corrected chi connectivity index (χ2v) is 7.28. The first-order chi connectivity index (χ1) is 10.2. The second-order valence-electron chi connectivity index (χ2n) is 7.28. The number of halogens is 1. The number of hydrogen-bond donors (Lipinski definition) is 2. The van der Waals surface area contributed by atoms with Gasteiger partial charge in [0, 0.05) is 12.5 Å². The van der Waals surface area contributed by atoms with Gasteiger partial charge in [0.15, 0.2) is 0 Å². The van der Waals surface area contributed by atoms with Crippen molar-refractivity contribution in [3.05, 3.63) is 0 Å². The Labute approximate surface area is 142 Å². The van der Waals surface area contributed by atoms with Gasteiger partial charge in [-0.15, -0.1) is 12.4 Å². The summed E-state index contributed by atoms with van der Waals surface area (Å²) in [6, 6.07) is 0.354. The molecular formula is C18H35ClN2O. The predicted molar refractivity (Wildman–Crippen MR) is 95.5 cm³/mol. The smallest absolute Gasteiger partial charge is 0.220 e. The summed E-state index contributed by atoms with van der Waals surface area (Å²) in [6.07, 6.45) is 13.8. The van der Waals surface area contributed by atoms with E-state index < -0.39 is 0 Å². The van der Waals surface area contributed by atoms with Crippen LogP contribution >= 0.6 is 12.4 Å². The van der Waals surface area contributed by atoms with Gasteiger partial charge in [0.25, 0.3) is 0 Å². The molecule has 0 aromatic heterocycles. The third-order valence-electron chi connectivity index (χ3n) is 5.38. The van der Waals surface area contributed by atoms with E-state index in [1.807, 2.05) is 0 Å². The molecule has 0 radical (unpaired) electrons. The van der Waals surface area contributed by atoms with E-state index in [1.165, 1.54) is 51.4 Å². The number of amides is 1. The van der Waals surface area contributed by atoms with Crippen LogP contribution in [0.15, 0.2) is 0 Å². The molecule has 1 saturated heterocycles. The Bertz CT molecular complexity index is 299. The lowest BCUT2D eigenvalue weighted by molar-refractivity contribution is -0.122. The van der Waals surface area contributed by atoms with Crippen molar-refractivity contribution in [3.8, 4) is 0 Å². The molecule has 22 heavy (non-hydrogen) atoms. The number of nitrogens with one attached hydrogen (secondary N) is 2. The monoisotopic (exact) mass is 330 g/mol. The van der Waals surface area contributed by atoms with Crippen LogP contribution in [-0.2, 0) is 4.79 Å². The maximum absolute atomic E-state index is 12.0. The van der Waals surface area contributed by atoms with E-state index in [9.17, 15) is 4.79 Å². The fourth-order valence-corrected chi connectivity index (χ4v) is 3.89. The van der Waals surface area contributed by atoms with Gasteiger partial charge in [-0.1, -0.05) is 32.1 Å². The van der Waals surface area contributed by atoms with Gasteiger partial charge in [0.2, 0.25) is 5.91 Å². The highest BCUT2D eigenvalue weighted by atomic mass is 35.5. The van der Waals surface area contributed by atoms with Crippen molar-refractivity contribution < 1.29 is 4.79 Å². The summed E-state index contributed by atoms with van der Waals surface area (Å²) in [5, 5.41) is 6.59. The quantitative estimate of drug-likeness (QED) is 0.739. The van der Waals surface area contributed by atoms with Crippen LogP contribution in [-0.4, -0.2) is 25.0 Å². The molecule has 2 fully saturated rings. The Balaban J connectivity index is 0.00000242. The minimum absolute atomic E-state index is 0. The Morgan fingerprint density at radius 1 is 1.05 bits per heavy atom. The SMILES string of the molecule is CC(CCC1CCCCC1)NC(=O)CCC1CCNCC1.Cl. The summed E-state index contributed by atoms with van der Waals surface area (Å²) in [5.41, 5.74) is 0. The van der Waals surface area contributed by atoms with Crippen LogP contribution < -0.4 is 10.6 Å². The molecule has 130 valence electrons. The zero-order valence-electron chi connectivity index (χ0n) is 14.2. The molecule has 1 aliphatic heterocycles. The molecule has 2 rings (SSSR count). The van der Waals surface area contributed by atoms with Gasteiger partial charge in [-0.2, -0.15) is 0 Å². The second kappa shape index (κ2) is 11.3. The summed E-state index contributed by atoms with van der Waals surface area (Å²) >= 11 is 0. The summed E-state index contributed by atoms with van der Waals surface area (Å²) in [6.45, 7) is 4.43. The van der Waals surface area contributed by atoms with E-state index in [0.29, 0.717) is 6.04 Å². The molecule has 1 atom stereocenters. The highest BCUT2D eigenvalue weighted by Crippen LogP contribution is 2.27. The van der Waals surface area contributed by atoms with Gasteiger partial charge in [-0.3, -0.25) is 4.79 Å². The van der Waals surface area contributed by atoms with Gasteiger partial charge in [-0.05, 0) is 64.0 Å². The fourth-order valence-electron chi connectivity index (χ4n) is 3.89. The van der Waals surface area contributed by atoms with Crippen molar-refractivity contribution in [2.24, 2.45) is 11.8 Å². The Hall–Kier alpha value is -0.280. The Morgan fingerprint density at radius 3 is 2.36 bits per heavy atom. The van der Waals surface area contributed by atoms with Crippen LogP contribution in [0.1, 0.15) is 77.6 Å². The Kier molecular flexibility index (Phi) is 10.1. The third-order valence-corrected chi connectivity index (χ3v) is 5.38. The van der Waals surface area contributed by atoms with Crippen LogP contribution in [0.3, 0.4) is 0 Å². The van der Waals surface area contributed by atoms with E-state index in [1.54, 1.807) is 0 Å². The molecule has 0 aromatic carbocycles. The molecule has 2 aliphatic rings. The van der Waals surface area contributed by atoms with E-state index in [4.69, 9.17) is 0 Å². The summed E-state index contributed by atoms with van der Waals surface area (Å²) in [7, 11) is 0. The average Bonchev–Trinajstić information content (AvgIpc) is 2.53. The van der Waals surface area contributed by atoms with Crippen LogP contribution in [0.25, 0.3) is 0 Å². The van der Waals surface area contributed by atoms with E-state index in [2.05, 4.69) is 17.6 Å². The van der Waals surface area contributed by atoms with Crippen LogP contribution in [0, 0.1) is 11.8 Å². The van der Waals surface area contributed by atoms with Gasteiger partial charge >= 0.3 is 0 Å². The molecule has 0 aromatic rings. The van der Waals surface area contributed by atoms with Crippen molar-refractivity contribution in [2.45, 2.75) is 83.6 Å². The molecule has 2 N–H and O–H groups in total. The topological polar surface area (TPSA) is 41.1 Å². The normalized spacial score (nSPS) is 21.9. The van der Waals surface area contributed by atoms with Crippen molar-refractivity contribution in [1.82, 2.24) is 10.6 Å². The lowest BCUT2D eigenvalue weighted by Gasteiger charge is -2.24. The minimum Gasteiger partial charge on any atom is -0.354 e. The van der Waals surface area contributed by atoms with Crippen LogP contribution in [0.2, 0.25) is 0 Å².